The van der Waals surface area contributed by atoms with E-state index in [4.69, 9.17) is 5.73 Å². The van der Waals surface area contributed by atoms with E-state index in [0.717, 1.165) is 18.5 Å². The summed E-state index contributed by atoms with van der Waals surface area (Å²) < 4.78 is 0. The van der Waals surface area contributed by atoms with Gasteiger partial charge in [-0.3, -0.25) is 0 Å². The maximum atomic E-state index is 5.82. The van der Waals surface area contributed by atoms with Crippen molar-refractivity contribution in [3.63, 3.8) is 0 Å². The third kappa shape index (κ3) is 4.72. The minimum Gasteiger partial charge on any atom is -0.399 e. The van der Waals surface area contributed by atoms with E-state index in [2.05, 4.69) is 71.0 Å². The summed E-state index contributed by atoms with van der Waals surface area (Å²) in [5.74, 6) is 0. The van der Waals surface area contributed by atoms with E-state index < -0.39 is 0 Å². The Morgan fingerprint density at radius 1 is 0.913 bits per heavy atom. The Kier molecular flexibility index (Phi) is 5.30. The number of hydrogen-bond acceptors (Lipinski definition) is 1. The molecule has 0 amide bonds. The van der Waals surface area contributed by atoms with Crippen molar-refractivity contribution < 1.29 is 0 Å². The van der Waals surface area contributed by atoms with Crippen LogP contribution in [0.15, 0.2) is 59.7 Å². The van der Waals surface area contributed by atoms with Gasteiger partial charge < -0.3 is 5.73 Å². The highest BCUT2D eigenvalue weighted by Crippen LogP contribution is 2.33. The summed E-state index contributed by atoms with van der Waals surface area (Å²) in [7, 11) is 0. The molecule has 2 aromatic rings. The maximum absolute atomic E-state index is 5.82. The van der Waals surface area contributed by atoms with E-state index in [0.29, 0.717) is 0 Å². The molecule has 2 N–H and O–H groups in total. The molecular weight excluding hydrogens is 278 g/mol. The van der Waals surface area contributed by atoms with Crippen LogP contribution in [-0.4, -0.2) is 0 Å². The van der Waals surface area contributed by atoms with E-state index >= 15 is 0 Å². The summed E-state index contributed by atoms with van der Waals surface area (Å²) in [5.41, 5.74) is 13.7. The van der Waals surface area contributed by atoms with Crippen LogP contribution in [0.2, 0.25) is 0 Å². The number of hydrogen-bond donors (Lipinski definition) is 1. The van der Waals surface area contributed by atoms with Crippen LogP contribution >= 0.6 is 0 Å². The first-order valence-corrected chi connectivity index (χ1v) is 8.35. The van der Waals surface area contributed by atoms with E-state index in [9.17, 15) is 0 Å². The number of allylic oxidation sites excluding steroid dienone is 2. The van der Waals surface area contributed by atoms with Gasteiger partial charge in [0.25, 0.3) is 0 Å². The second-order valence-electron chi connectivity index (χ2n) is 7.45. The first-order valence-electron chi connectivity index (χ1n) is 8.35. The van der Waals surface area contributed by atoms with Gasteiger partial charge in [0.1, 0.15) is 0 Å². The van der Waals surface area contributed by atoms with E-state index in [1.807, 2.05) is 12.1 Å². The van der Waals surface area contributed by atoms with Crippen LogP contribution in [0.5, 0.6) is 0 Å². The van der Waals surface area contributed by atoms with Crippen molar-refractivity contribution in [2.75, 3.05) is 5.73 Å². The highest BCUT2D eigenvalue weighted by Gasteiger charge is 2.22. The molecule has 0 aliphatic carbocycles. The molecule has 0 radical (unpaired) electrons. The minimum absolute atomic E-state index is 0.102. The molecule has 1 nitrogen and oxygen atoms in total. The van der Waals surface area contributed by atoms with Crippen LogP contribution in [0.3, 0.4) is 0 Å². The van der Waals surface area contributed by atoms with E-state index in [1.54, 1.807) is 0 Å². The number of aryl methyl sites for hydroxylation is 1. The lowest BCUT2D eigenvalue weighted by Gasteiger charge is -2.28. The quantitative estimate of drug-likeness (QED) is 0.546. The van der Waals surface area contributed by atoms with Gasteiger partial charge in [-0.15, -0.1) is 0 Å². The van der Waals surface area contributed by atoms with Crippen molar-refractivity contribution in [2.24, 2.45) is 0 Å². The summed E-state index contributed by atoms with van der Waals surface area (Å²) in [5, 5.41) is 0. The summed E-state index contributed by atoms with van der Waals surface area (Å²) in [6.45, 7) is 11.2. The van der Waals surface area contributed by atoms with Gasteiger partial charge in [0.2, 0.25) is 0 Å². The average molecular weight is 307 g/mol. The summed E-state index contributed by atoms with van der Waals surface area (Å²) >= 11 is 0. The fourth-order valence-electron chi connectivity index (χ4n) is 2.94. The molecule has 23 heavy (non-hydrogen) atoms. The number of anilines is 1. The molecule has 0 saturated carbocycles. The van der Waals surface area contributed by atoms with Crippen molar-refractivity contribution in [3.8, 4) is 0 Å². The Morgan fingerprint density at radius 2 is 1.48 bits per heavy atom. The third-order valence-electron chi connectivity index (χ3n) is 4.59. The minimum atomic E-state index is 0.102. The molecule has 0 aromatic heterocycles. The second kappa shape index (κ2) is 7.04. The van der Waals surface area contributed by atoms with Crippen LogP contribution in [-0.2, 0) is 11.8 Å². The van der Waals surface area contributed by atoms with Gasteiger partial charge in [-0.25, -0.2) is 0 Å². The predicted molar refractivity (Wildman–Crippen MR) is 102 cm³/mol. The molecule has 0 atom stereocenters. The molecule has 1 heteroatoms. The van der Waals surface area contributed by atoms with E-state index in [1.165, 1.54) is 27.8 Å². The topological polar surface area (TPSA) is 26.0 Å². The first kappa shape index (κ1) is 17.3. The Hall–Kier alpha value is -2.02. The highest BCUT2D eigenvalue weighted by atomic mass is 14.5. The Bertz CT molecular complexity index is 669. The lowest BCUT2D eigenvalue weighted by Crippen LogP contribution is -2.19. The Labute approximate surface area is 141 Å². The lowest BCUT2D eigenvalue weighted by atomic mass is 9.77. The maximum Gasteiger partial charge on any atom is 0.0314 e. The van der Waals surface area contributed by atoms with Crippen LogP contribution in [0, 0.1) is 6.92 Å². The van der Waals surface area contributed by atoms with Gasteiger partial charge in [0, 0.05) is 5.69 Å². The monoisotopic (exact) mass is 307 g/mol. The summed E-state index contributed by atoms with van der Waals surface area (Å²) in [6.07, 6.45) is 2.09. The Balaban J connectivity index is 2.20. The SMILES string of the molecule is CC(C)=C(Cc1ccc(C)cc1)CC(C)(C)c1ccc(N)cc1. The van der Waals surface area contributed by atoms with Gasteiger partial charge in [-0.05, 0) is 62.3 Å². The normalized spacial score (nSPS) is 11.3. The van der Waals surface area contributed by atoms with Crippen molar-refractivity contribution in [2.45, 2.75) is 52.9 Å². The third-order valence-corrected chi connectivity index (χ3v) is 4.59. The Morgan fingerprint density at radius 3 is 2.00 bits per heavy atom. The number of rotatable bonds is 5. The van der Waals surface area contributed by atoms with Crippen LogP contribution < -0.4 is 5.73 Å². The molecule has 0 bridgehead atoms. The summed E-state index contributed by atoms with van der Waals surface area (Å²) in [6, 6.07) is 17.2. The second-order valence-corrected chi connectivity index (χ2v) is 7.45. The zero-order valence-electron chi connectivity index (χ0n) is 15.1. The lowest BCUT2D eigenvalue weighted by molar-refractivity contribution is 0.512. The first-order chi connectivity index (χ1) is 10.8. The number of nitrogen functional groups attached to an aromatic ring is 1. The fraction of sp³-hybridized carbons (Fsp3) is 0.364. The molecule has 0 saturated heterocycles. The zero-order chi connectivity index (χ0) is 17.0. The molecule has 2 rings (SSSR count). The van der Waals surface area contributed by atoms with Crippen molar-refractivity contribution in [3.05, 3.63) is 76.4 Å². The van der Waals surface area contributed by atoms with Gasteiger partial charge in [-0.2, -0.15) is 0 Å². The molecular formula is C22H29N. The standard InChI is InChI=1S/C22H29N/c1-16(2)19(14-18-8-6-17(3)7-9-18)15-22(4,5)20-10-12-21(23)13-11-20/h6-13H,14-15,23H2,1-5H3. The van der Waals surface area contributed by atoms with Gasteiger partial charge >= 0.3 is 0 Å². The van der Waals surface area contributed by atoms with Crippen LogP contribution in [0.25, 0.3) is 0 Å². The van der Waals surface area contributed by atoms with Crippen molar-refractivity contribution in [1.29, 1.82) is 0 Å². The molecule has 0 fully saturated rings. The van der Waals surface area contributed by atoms with Crippen molar-refractivity contribution >= 4 is 5.69 Å². The molecule has 0 heterocycles. The molecule has 122 valence electrons. The van der Waals surface area contributed by atoms with Crippen molar-refractivity contribution in [1.82, 2.24) is 0 Å². The molecule has 0 aliphatic heterocycles. The van der Waals surface area contributed by atoms with Gasteiger partial charge in [0.15, 0.2) is 0 Å². The van der Waals surface area contributed by atoms with Crippen LogP contribution in [0.4, 0.5) is 5.69 Å². The molecule has 0 aliphatic rings. The smallest absolute Gasteiger partial charge is 0.0314 e. The predicted octanol–water partition coefficient (Wildman–Crippen LogP) is 5.82. The van der Waals surface area contributed by atoms with Gasteiger partial charge in [-0.1, -0.05) is 67.0 Å². The largest absolute Gasteiger partial charge is 0.399 e. The van der Waals surface area contributed by atoms with Crippen LogP contribution in [0.1, 0.15) is 50.8 Å². The molecule has 0 unspecified atom stereocenters. The summed E-state index contributed by atoms with van der Waals surface area (Å²) in [4.78, 5) is 0. The molecule has 2 aromatic carbocycles. The fourth-order valence-corrected chi connectivity index (χ4v) is 2.94. The number of benzene rings is 2. The van der Waals surface area contributed by atoms with E-state index in [-0.39, 0.29) is 5.41 Å². The highest BCUT2D eigenvalue weighted by molar-refractivity contribution is 5.42. The average Bonchev–Trinajstić information content (AvgIpc) is 2.49. The molecule has 0 spiro atoms. The zero-order valence-corrected chi connectivity index (χ0v) is 15.1. The van der Waals surface area contributed by atoms with Gasteiger partial charge in [0.05, 0.1) is 0 Å². The number of nitrogens with two attached hydrogens (primary N) is 1.